The normalized spacial score (nSPS) is 20.2. The fourth-order valence-electron chi connectivity index (χ4n) is 5.42. The lowest BCUT2D eigenvalue weighted by Crippen LogP contribution is -2.56. The van der Waals surface area contributed by atoms with E-state index in [9.17, 15) is 14.7 Å². The lowest BCUT2D eigenvalue weighted by molar-refractivity contribution is -0.140. The van der Waals surface area contributed by atoms with Gasteiger partial charge in [0.05, 0.1) is 17.8 Å². The van der Waals surface area contributed by atoms with Gasteiger partial charge in [-0.1, -0.05) is 12.1 Å². The molecule has 196 valence electrons. The van der Waals surface area contributed by atoms with Crippen molar-refractivity contribution >= 4 is 17.5 Å². The van der Waals surface area contributed by atoms with Crippen molar-refractivity contribution in [3.8, 4) is 16.9 Å². The largest absolute Gasteiger partial charge is 0.508 e. The highest BCUT2D eigenvalue weighted by atomic mass is 16.5. The number of hydrogen-bond acceptors (Lipinski definition) is 6. The number of carbonyl (C=O) groups excluding carboxylic acids is 2. The van der Waals surface area contributed by atoms with Crippen molar-refractivity contribution in [2.24, 2.45) is 5.92 Å². The standard InChI is InChI=1S/C28H35N5O4/c1-18(29-2)27(35)31-25(20-11-15-37-16-12-20)28(36)33-14-4-6-24(33)23-17-32-13-3-5-22(26(32)30-23)19-7-9-21(34)10-8-19/h3,5,7-10,13,17-18,20,24-25,29,34H,4,6,11-12,14-16H2,1-2H3,(H,31,35)/t18-,24-,25-/m0/s1. The van der Waals surface area contributed by atoms with E-state index in [0.717, 1.165) is 48.2 Å². The van der Waals surface area contributed by atoms with Crippen LogP contribution in [0.5, 0.6) is 5.75 Å². The molecule has 37 heavy (non-hydrogen) atoms. The van der Waals surface area contributed by atoms with Crippen LogP contribution in [0.3, 0.4) is 0 Å². The second kappa shape index (κ2) is 10.9. The third-order valence-corrected chi connectivity index (χ3v) is 7.68. The van der Waals surface area contributed by atoms with Crippen LogP contribution >= 0.6 is 0 Å². The van der Waals surface area contributed by atoms with Crippen LogP contribution in [0.25, 0.3) is 16.8 Å². The number of likely N-dealkylation sites (tertiary alicyclic amines) is 1. The van der Waals surface area contributed by atoms with Gasteiger partial charge in [0.2, 0.25) is 11.8 Å². The lowest BCUT2D eigenvalue weighted by atomic mass is 9.90. The Morgan fingerprint density at radius 1 is 1.14 bits per heavy atom. The number of fused-ring (bicyclic) bond motifs is 1. The summed E-state index contributed by atoms with van der Waals surface area (Å²) in [4.78, 5) is 33.7. The Labute approximate surface area is 216 Å². The van der Waals surface area contributed by atoms with Crippen molar-refractivity contribution in [3.05, 3.63) is 54.5 Å². The molecule has 3 atom stereocenters. The zero-order valence-electron chi connectivity index (χ0n) is 21.4. The minimum absolute atomic E-state index is 0.0395. The third kappa shape index (κ3) is 5.19. The highest BCUT2D eigenvalue weighted by Crippen LogP contribution is 2.35. The summed E-state index contributed by atoms with van der Waals surface area (Å²) < 4.78 is 7.52. The molecule has 9 nitrogen and oxygen atoms in total. The molecule has 1 aromatic carbocycles. The second-order valence-corrected chi connectivity index (χ2v) is 10.0. The first-order valence-electron chi connectivity index (χ1n) is 13.1. The van der Waals surface area contributed by atoms with Crippen molar-refractivity contribution < 1.29 is 19.4 Å². The predicted octanol–water partition coefficient (Wildman–Crippen LogP) is 2.89. The first-order valence-corrected chi connectivity index (χ1v) is 13.1. The van der Waals surface area contributed by atoms with Gasteiger partial charge in [-0.15, -0.1) is 0 Å². The number of likely N-dealkylation sites (N-methyl/N-ethyl adjacent to an activating group) is 1. The smallest absolute Gasteiger partial charge is 0.246 e. The van der Waals surface area contributed by atoms with E-state index in [0.29, 0.717) is 19.8 Å². The quantitative estimate of drug-likeness (QED) is 0.456. The molecule has 3 N–H and O–H groups in total. The zero-order chi connectivity index (χ0) is 25.9. The van der Waals surface area contributed by atoms with Crippen LogP contribution in [0.2, 0.25) is 0 Å². The number of aromatic nitrogens is 2. The van der Waals surface area contributed by atoms with Crippen LogP contribution in [-0.4, -0.2) is 70.1 Å². The van der Waals surface area contributed by atoms with Gasteiger partial charge in [0.25, 0.3) is 0 Å². The molecule has 2 aromatic heterocycles. The van der Waals surface area contributed by atoms with E-state index in [1.807, 2.05) is 46.0 Å². The SMILES string of the molecule is CN[C@@H](C)C(=O)N[C@H](C(=O)N1CCC[C@H]1c1cn2cccc(-c3ccc(O)cc3)c2n1)C1CCOCC1. The summed E-state index contributed by atoms with van der Waals surface area (Å²) >= 11 is 0. The van der Waals surface area contributed by atoms with Crippen LogP contribution in [0, 0.1) is 5.92 Å². The Morgan fingerprint density at radius 3 is 2.62 bits per heavy atom. The molecule has 2 aliphatic rings. The van der Waals surface area contributed by atoms with Gasteiger partial charge >= 0.3 is 0 Å². The molecule has 5 rings (SSSR count). The van der Waals surface area contributed by atoms with Gasteiger partial charge in [0, 0.05) is 37.7 Å². The number of hydrogen-bond donors (Lipinski definition) is 3. The third-order valence-electron chi connectivity index (χ3n) is 7.68. The number of phenols is 1. The summed E-state index contributed by atoms with van der Waals surface area (Å²) in [5.41, 5.74) is 3.57. The molecule has 4 heterocycles. The number of phenolic OH excluding ortho intramolecular Hbond substituents is 1. The van der Waals surface area contributed by atoms with Crippen molar-refractivity contribution in [2.75, 3.05) is 26.8 Å². The van der Waals surface area contributed by atoms with Gasteiger partial charge in [-0.2, -0.15) is 0 Å². The Morgan fingerprint density at radius 2 is 1.89 bits per heavy atom. The fraction of sp³-hybridized carbons (Fsp3) is 0.464. The molecule has 0 saturated carbocycles. The maximum atomic E-state index is 14.0. The summed E-state index contributed by atoms with van der Waals surface area (Å²) in [6.45, 7) is 3.63. The summed E-state index contributed by atoms with van der Waals surface area (Å²) in [6.07, 6.45) is 7.16. The number of pyridine rings is 1. The van der Waals surface area contributed by atoms with Crippen molar-refractivity contribution in [1.82, 2.24) is 24.9 Å². The molecular formula is C28H35N5O4. The summed E-state index contributed by atoms with van der Waals surface area (Å²) in [5.74, 6) is 0.0454. The Hall–Kier alpha value is -3.43. The highest BCUT2D eigenvalue weighted by molar-refractivity contribution is 5.90. The number of imidazole rings is 1. The highest BCUT2D eigenvalue weighted by Gasteiger charge is 2.40. The molecule has 0 aliphatic carbocycles. The number of aromatic hydroxyl groups is 1. The fourth-order valence-corrected chi connectivity index (χ4v) is 5.42. The van der Waals surface area contributed by atoms with Crippen LogP contribution in [0.4, 0.5) is 0 Å². The van der Waals surface area contributed by atoms with Crippen molar-refractivity contribution in [3.63, 3.8) is 0 Å². The molecule has 9 heteroatoms. The van der Waals surface area contributed by atoms with Crippen molar-refractivity contribution in [1.29, 1.82) is 0 Å². The topological polar surface area (TPSA) is 108 Å². The second-order valence-electron chi connectivity index (χ2n) is 10.0. The van der Waals surface area contributed by atoms with Gasteiger partial charge in [0.15, 0.2) is 0 Å². The zero-order valence-corrected chi connectivity index (χ0v) is 21.4. The van der Waals surface area contributed by atoms with Gasteiger partial charge in [-0.05, 0) is 75.4 Å². The molecule has 3 aromatic rings. The van der Waals surface area contributed by atoms with Gasteiger partial charge in [-0.3, -0.25) is 9.59 Å². The van der Waals surface area contributed by atoms with E-state index in [-0.39, 0.29) is 35.6 Å². The molecule has 0 bridgehead atoms. The number of amides is 2. The Kier molecular flexibility index (Phi) is 7.43. The summed E-state index contributed by atoms with van der Waals surface area (Å²) in [6, 6.07) is 9.93. The molecule has 2 saturated heterocycles. The van der Waals surface area contributed by atoms with E-state index in [4.69, 9.17) is 9.72 Å². The van der Waals surface area contributed by atoms with Crippen LogP contribution in [0.1, 0.15) is 44.3 Å². The number of ether oxygens (including phenoxy) is 1. The van der Waals surface area contributed by atoms with Crippen LogP contribution in [-0.2, 0) is 14.3 Å². The number of carbonyl (C=O) groups is 2. The Balaban J connectivity index is 1.44. The molecule has 0 unspecified atom stereocenters. The maximum Gasteiger partial charge on any atom is 0.246 e. The van der Waals surface area contributed by atoms with Crippen LogP contribution in [0.15, 0.2) is 48.8 Å². The molecule has 2 fully saturated rings. The summed E-state index contributed by atoms with van der Waals surface area (Å²) in [7, 11) is 1.74. The van der Waals surface area contributed by atoms with E-state index in [1.54, 1.807) is 26.1 Å². The van der Waals surface area contributed by atoms with Crippen molar-refractivity contribution in [2.45, 2.75) is 50.7 Å². The average molecular weight is 506 g/mol. The van der Waals surface area contributed by atoms with Gasteiger partial charge in [0.1, 0.15) is 17.4 Å². The van der Waals surface area contributed by atoms with Gasteiger partial charge < -0.3 is 29.8 Å². The van der Waals surface area contributed by atoms with E-state index < -0.39 is 6.04 Å². The first kappa shape index (κ1) is 25.2. The summed E-state index contributed by atoms with van der Waals surface area (Å²) in [5, 5.41) is 15.7. The molecular weight excluding hydrogens is 470 g/mol. The van der Waals surface area contributed by atoms with E-state index in [1.165, 1.54) is 0 Å². The maximum absolute atomic E-state index is 14.0. The monoisotopic (exact) mass is 505 g/mol. The molecule has 0 spiro atoms. The van der Waals surface area contributed by atoms with Gasteiger partial charge in [-0.25, -0.2) is 4.98 Å². The lowest BCUT2D eigenvalue weighted by Gasteiger charge is -2.35. The number of rotatable bonds is 7. The number of nitrogens with one attached hydrogen (secondary N) is 2. The molecule has 0 radical (unpaired) electrons. The van der Waals surface area contributed by atoms with E-state index >= 15 is 0 Å². The minimum Gasteiger partial charge on any atom is -0.508 e. The molecule has 2 aliphatic heterocycles. The van der Waals surface area contributed by atoms with E-state index in [2.05, 4.69) is 10.6 Å². The van der Waals surface area contributed by atoms with Crippen LogP contribution < -0.4 is 10.6 Å². The number of nitrogens with zero attached hydrogens (tertiary/aromatic N) is 3. The first-order chi connectivity index (χ1) is 18.0. The average Bonchev–Trinajstić information content (AvgIpc) is 3.59. The minimum atomic E-state index is -0.586. The predicted molar refractivity (Wildman–Crippen MR) is 140 cm³/mol. The number of benzene rings is 1. The Bertz CT molecular complexity index is 1250. The molecule has 2 amide bonds.